The summed E-state index contributed by atoms with van der Waals surface area (Å²) in [5.41, 5.74) is 1.12. The standard InChI is InChI=1S/C22H24N2O3S/c1-17(18-8-4-3-5-9-18)15-23-22(25)16-24(2)28(26,27)21-13-12-19-10-6-7-11-20(19)14-21/h3-14,17H,15-16H2,1-2H3,(H,23,25)/t17-/m1/s1. The first-order valence-electron chi connectivity index (χ1n) is 9.15. The summed E-state index contributed by atoms with van der Waals surface area (Å²) in [7, 11) is -2.32. The normalized spacial score (nSPS) is 12.8. The van der Waals surface area contributed by atoms with Crippen molar-refractivity contribution in [2.45, 2.75) is 17.7 Å². The summed E-state index contributed by atoms with van der Waals surface area (Å²) in [6.07, 6.45) is 0. The van der Waals surface area contributed by atoms with E-state index in [4.69, 9.17) is 0 Å². The average molecular weight is 397 g/mol. The molecule has 0 aliphatic rings. The maximum atomic E-state index is 12.8. The Morgan fingerprint density at radius 2 is 1.61 bits per heavy atom. The highest BCUT2D eigenvalue weighted by atomic mass is 32.2. The topological polar surface area (TPSA) is 66.5 Å². The van der Waals surface area contributed by atoms with Crippen molar-refractivity contribution in [1.82, 2.24) is 9.62 Å². The van der Waals surface area contributed by atoms with Gasteiger partial charge in [0, 0.05) is 13.6 Å². The van der Waals surface area contributed by atoms with E-state index in [0.717, 1.165) is 20.6 Å². The summed E-state index contributed by atoms with van der Waals surface area (Å²) in [5.74, 6) is -0.179. The maximum absolute atomic E-state index is 12.8. The maximum Gasteiger partial charge on any atom is 0.243 e. The minimum atomic E-state index is -3.74. The molecule has 0 fully saturated rings. The van der Waals surface area contributed by atoms with Crippen LogP contribution in [0.25, 0.3) is 10.8 Å². The monoisotopic (exact) mass is 396 g/mol. The van der Waals surface area contributed by atoms with E-state index in [1.807, 2.05) is 61.5 Å². The highest BCUT2D eigenvalue weighted by Gasteiger charge is 2.23. The zero-order chi connectivity index (χ0) is 20.1. The van der Waals surface area contributed by atoms with E-state index in [1.165, 1.54) is 7.05 Å². The zero-order valence-corrected chi connectivity index (χ0v) is 16.8. The number of nitrogens with one attached hydrogen (secondary N) is 1. The molecule has 1 amide bonds. The fourth-order valence-electron chi connectivity index (χ4n) is 3.02. The fraction of sp³-hybridized carbons (Fsp3) is 0.227. The van der Waals surface area contributed by atoms with Crippen LogP contribution in [0.2, 0.25) is 0 Å². The Bertz CT molecular complexity index is 1070. The molecule has 0 bridgehead atoms. The second kappa shape index (κ2) is 8.54. The van der Waals surface area contributed by atoms with Crippen molar-refractivity contribution >= 4 is 26.7 Å². The van der Waals surface area contributed by atoms with Crippen LogP contribution in [0.5, 0.6) is 0 Å². The number of benzene rings is 3. The molecule has 0 heterocycles. The van der Waals surface area contributed by atoms with Crippen molar-refractivity contribution in [2.75, 3.05) is 20.1 Å². The summed E-state index contributed by atoms with van der Waals surface area (Å²) in [6, 6.07) is 22.4. The van der Waals surface area contributed by atoms with Gasteiger partial charge in [-0.25, -0.2) is 8.42 Å². The molecular weight excluding hydrogens is 372 g/mol. The molecule has 0 unspecified atom stereocenters. The van der Waals surface area contributed by atoms with Crippen LogP contribution in [0.15, 0.2) is 77.7 Å². The molecule has 3 rings (SSSR count). The van der Waals surface area contributed by atoms with Gasteiger partial charge in [-0.05, 0) is 34.4 Å². The highest BCUT2D eigenvalue weighted by molar-refractivity contribution is 7.89. The van der Waals surface area contributed by atoms with Crippen LogP contribution < -0.4 is 5.32 Å². The summed E-state index contributed by atoms with van der Waals surface area (Å²) < 4.78 is 26.7. The van der Waals surface area contributed by atoms with Gasteiger partial charge in [0.25, 0.3) is 0 Å². The third kappa shape index (κ3) is 4.58. The van der Waals surface area contributed by atoms with Gasteiger partial charge in [-0.15, -0.1) is 0 Å². The van der Waals surface area contributed by atoms with Gasteiger partial charge in [0.15, 0.2) is 0 Å². The third-order valence-electron chi connectivity index (χ3n) is 4.77. The molecule has 0 radical (unpaired) electrons. The Balaban J connectivity index is 1.63. The van der Waals surface area contributed by atoms with E-state index < -0.39 is 10.0 Å². The van der Waals surface area contributed by atoms with E-state index >= 15 is 0 Å². The van der Waals surface area contributed by atoms with Crippen molar-refractivity contribution in [3.05, 3.63) is 78.4 Å². The third-order valence-corrected chi connectivity index (χ3v) is 6.57. The van der Waals surface area contributed by atoms with Crippen LogP contribution >= 0.6 is 0 Å². The Morgan fingerprint density at radius 1 is 0.964 bits per heavy atom. The number of nitrogens with zero attached hydrogens (tertiary/aromatic N) is 1. The fourth-order valence-corrected chi connectivity index (χ4v) is 4.18. The van der Waals surface area contributed by atoms with Gasteiger partial charge in [0.1, 0.15) is 0 Å². The summed E-state index contributed by atoms with van der Waals surface area (Å²) in [6.45, 7) is 2.24. The Hall–Kier alpha value is -2.70. The first kappa shape index (κ1) is 20.0. The Morgan fingerprint density at radius 3 is 2.32 bits per heavy atom. The molecule has 5 nitrogen and oxygen atoms in total. The number of fused-ring (bicyclic) bond motifs is 1. The molecule has 0 spiro atoms. The van der Waals surface area contributed by atoms with Crippen LogP contribution in [0.1, 0.15) is 18.4 Å². The molecule has 0 aliphatic heterocycles. The number of rotatable bonds is 7. The number of carbonyl (C=O) groups excluding carboxylic acids is 1. The van der Waals surface area contributed by atoms with Gasteiger partial charge in [-0.2, -0.15) is 4.31 Å². The van der Waals surface area contributed by atoms with E-state index in [-0.39, 0.29) is 23.3 Å². The van der Waals surface area contributed by atoms with Crippen molar-refractivity contribution in [2.24, 2.45) is 0 Å². The first-order valence-corrected chi connectivity index (χ1v) is 10.6. The summed E-state index contributed by atoms with van der Waals surface area (Å²) in [5, 5.41) is 4.63. The van der Waals surface area contributed by atoms with Crippen LogP contribution in [0, 0.1) is 0 Å². The molecule has 28 heavy (non-hydrogen) atoms. The van der Waals surface area contributed by atoms with Crippen LogP contribution in [0.3, 0.4) is 0 Å². The van der Waals surface area contributed by atoms with Crippen molar-refractivity contribution in [1.29, 1.82) is 0 Å². The zero-order valence-electron chi connectivity index (χ0n) is 16.0. The van der Waals surface area contributed by atoms with Gasteiger partial charge < -0.3 is 5.32 Å². The molecule has 146 valence electrons. The minimum Gasteiger partial charge on any atom is -0.354 e. The molecule has 0 saturated carbocycles. The number of sulfonamides is 1. The lowest BCUT2D eigenvalue weighted by Crippen LogP contribution is -2.39. The molecular formula is C22H24N2O3S. The minimum absolute atomic E-state index is 0.146. The molecule has 6 heteroatoms. The largest absolute Gasteiger partial charge is 0.354 e. The van der Waals surface area contributed by atoms with Gasteiger partial charge in [0.05, 0.1) is 11.4 Å². The predicted molar refractivity (Wildman–Crippen MR) is 112 cm³/mol. The number of hydrogen-bond donors (Lipinski definition) is 1. The van der Waals surface area contributed by atoms with E-state index in [2.05, 4.69) is 5.32 Å². The number of likely N-dealkylation sites (N-methyl/N-ethyl adjacent to an activating group) is 1. The molecule has 1 atom stereocenters. The van der Waals surface area contributed by atoms with E-state index in [9.17, 15) is 13.2 Å². The van der Waals surface area contributed by atoms with Gasteiger partial charge in [0.2, 0.25) is 15.9 Å². The van der Waals surface area contributed by atoms with Gasteiger partial charge in [-0.3, -0.25) is 4.79 Å². The van der Waals surface area contributed by atoms with Gasteiger partial charge in [-0.1, -0.05) is 67.6 Å². The molecule has 3 aromatic rings. The second-order valence-electron chi connectivity index (χ2n) is 6.89. The number of amides is 1. The predicted octanol–water partition coefficient (Wildman–Crippen LogP) is 3.38. The van der Waals surface area contributed by atoms with Crippen molar-refractivity contribution in [3.63, 3.8) is 0 Å². The van der Waals surface area contributed by atoms with Crippen LogP contribution in [-0.4, -0.2) is 38.8 Å². The molecule has 0 aliphatic carbocycles. The van der Waals surface area contributed by atoms with Crippen molar-refractivity contribution < 1.29 is 13.2 Å². The lowest BCUT2D eigenvalue weighted by atomic mass is 10.0. The summed E-state index contributed by atoms with van der Waals surface area (Å²) in [4.78, 5) is 12.4. The van der Waals surface area contributed by atoms with Crippen molar-refractivity contribution in [3.8, 4) is 0 Å². The first-order chi connectivity index (χ1) is 13.4. The van der Waals surface area contributed by atoms with Crippen LogP contribution in [0.4, 0.5) is 0 Å². The molecule has 0 aromatic heterocycles. The lowest BCUT2D eigenvalue weighted by molar-refractivity contribution is -0.121. The summed E-state index contributed by atoms with van der Waals surface area (Å²) >= 11 is 0. The van der Waals surface area contributed by atoms with Crippen LogP contribution in [-0.2, 0) is 14.8 Å². The highest BCUT2D eigenvalue weighted by Crippen LogP contribution is 2.21. The van der Waals surface area contributed by atoms with E-state index in [0.29, 0.717) is 6.54 Å². The van der Waals surface area contributed by atoms with Gasteiger partial charge >= 0.3 is 0 Å². The number of carbonyl (C=O) groups is 1. The lowest BCUT2D eigenvalue weighted by Gasteiger charge is -2.18. The molecule has 3 aromatic carbocycles. The Kier molecular flexibility index (Phi) is 6.11. The number of hydrogen-bond acceptors (Lipinski definition) is 3. The smallest absolute Gasteiger partial charge is 0.243 e. The quantitative estimate of drug-likeness (QED) is 0.666. The SMILES string of the molecule is C[C@H](CNC(=O)CN(C)S(=O)(=O)c1ccc2ccccc2c1)c1ccccc1. The molecule has 0 saturated heterocycles. The molecule has 1 N–H and O–H groups in total. The van der Waals surface area contributed by atoms with E-state index in [1.54, 1.807) is 18.2 Å². The Labute approximate surface area is 166 Å². The average Bonchev–Trinajstić information content (AvgIpc) is 2.72. The second-order valence-corrected chi connectivity index (χ2v) is 8.93.